The summed E-state index contributed by atoms with van der Waals surface area (Å²) in [6, 6.07) is 13.1. The van der Waals surface area contributed by atoms with Gasteiger partial charge in [0, 0.05) is 17.8 Å². The van der Waals surface area contributed by atoms with Crippen molar-refractivity contribution in [3.63, 3.8) is 0 Å². The Balaban J connectivity index is 1.75. The molecule has 0 saturated carbocycles. The highest BCUT2D eigenvalue weighted by Gasteiger charge is 2.34. The number of rotatable bonds is 3. The first-order chi connectivity index (χ1) is 11.5. The van der Waals surface area contributed by atoms with Crippen LogP contribution in [0.2, 0.25) is 0 Å². The standard InChI is InChI=1S/C20H22N2O2/c1-13-10-14(2)12-16(11-13)22-9-8-18(20(22)24)21-19(23)17-7-5-4-6-15(17)3/h4-7,10-12,18H,8-9H2,1-3H3,(H,21,23). The van der Waals surface area contributed by atoms with E-state index < -0.39 is 6.04 Å². The van der Waals surface area contributed by atoms with Crippen LogP contribution in [0.25, 0.3) is 0 Å². The van der Waals surface area contributed by atoms with Crippen LogP contribution in [0.15, 0.2) is 42.5 Å². The number of hydrogen-bond donors (Lipinski definition) is 1. The molecule has 1 aliphatic heterocycles. The van der Waals surface area contributed by atoms with Gasteiger partial charge in [0.2, 0.25) is 5.91 Å². The Morgan fingerprint density at radius 2 is 1.75 bits per heavy atom. The zero-order chi connectivity index (χ0) is 17.3. The fourth-order valence-corrected chi connectivity index (χ4v) is 3.24. The summed E-state index contributed by atoms with van der Waals surface area (Å²) in [6.45, 7) is 6.57. The highest BCUT2D eigenvalue weighted by Crippen LogP contribution is 2.24. The Morgan fingerprint density at radius 3 is 2.42 bits per heavy atom. The lowest BCUT2D eigenvalue weighted by Crippen LogP contribution is -2.41. The lowest BCUT2D eigenvalue weighted by atomic mass is 10.1. The molecule has 1 unspecified atom stereocenters. The molecule has 0 bridgehead atoms. The molecule has 1 saturated heterocycles. The predicted molar refractivity (Wildman–Crippen MR) is 95.3 cm³/mol. The van der Waals surface area contributed by atoms with Gasteiger partial charge in [-0.1, -0.05) is 24.3 Å². The first kappa shape index (κ1) is 16.2. The van der Waals surface area contributed by atoms with E-state index >= 15 is 0 Å². The Morgan fingerprint density at radius 1 is 1.08 bits per heavy atom. The van der Waals surface area contributed by atoms with Crippen molar-refractivity contribution in [3.8, 4) is 0 Å². The molecule has 0 aromatic heterocycles. The van der Waals surface area contributed by atoms with E-state index in [-0.39, 0.29) is 11.8 Å². The van der Waals surface area contributed by atoms with E-state index in [0.717, 1.165) is 22.4 Å². The maximum absolute atomic E-state index is 12.7. The lowest BCUT2D eigenvalue weighted by molar-refractivity contribution is -0.118. The average Bonchev–Trinajstić information content (AvgIpc) is 2.87. The Bertz CT molecular complexity index is 778. The number of aryl methyl sites for hydroxylation is 3. The minimum Gasteiger partial charge on any atom is -0.340 e. The number of benzene rings is 2. The zero-order valence-electron chi connectivity index (χ0n) is 14.3. The predicted octanol–water partition coefficient (Wildman–Crippen LogP) is 3.15. The third-order valence-corrected chi connectivity index (χ3v) is 4.42. The molecular formula is C20H22N2O2. The molecule has 2 aromatic carbocycles. The van der Waals surface area contributed by atoms with E-state index in [4.69, 9.17) is 0 Å². The molecular weight excluding hydrogens is 300 g/mol. The largest absolute Gasteiger partial charge is 0.340 e. The highest BCUT2D eigenvalue weighted by molar-refractivity contribution is 6.04. The van der Waals surface area contributed by atoms with Crippen molar-refractivity contribution in [1.29, 1.82) is 0 Å². The number of nitrogens with one attached hydrogen (secondary N) is 1. The molecule has 1 fully saturated rings. The van der Waals surface area contributed by atoms with Crippen molar-refractivity contribution >= 4 is 17.5 Å². The van der Waals surface area contributed by atoms with Crippen molar-refractivity contribution in [1.82, 2.24) is 5.32 Å². The van der Waals surface area contributed by atoms with Crippen LogP contribution in [-0.2, 0) is 4.79 Å². The van der Waals surface area contributed by atoms with Gasteiger partial charge >= 0.3 is 0 Å². The minimum absolute atomic E-state index is 0.0399. The van der Waals surface area contributed by atoms with Gasteiger partial charge in [-0.15, -0.1) is 0 Å². The molecule has 2 amide bonds. The molecule has 2 aromatic rings. The SMILES string of the molecule is Cc1cc(C)cc(N2CCC(NC(=O)c3ccccc3C)C2=O)c1. The Kier molecular flexibility index (Phi) is 4.38. The number of carbonyl (C=O) groups is 2. The number of amides is 2. The summed E-state index contributed by atoms with van der Waals surface area (Å²) in [7, 11) is 0. The Hall–Kier alpha value is -2.62. The van der Waals surface area contributed by atoms with Crippen LogP contribution in [0.4, 0.5) is 5.69 Å². The summed E-state index contributed by atoms with van der Waals surface area (Å²) in [6.07, 6.45) is 0.628. The van der Waals surface area contributed by atoms with Gasteiger partial charge in [-0.25, -0.2) is 0 Å². The fraction of sp³-hybridized carbons (Fsp3) is 0.300. The number of nitrogens with zero attached hydrogens (tertiary/aromatic N) is 1. The van der Waals surface area contributed by atoms with Crippen molar-refractivity contribution in [2.45, 2.75) is 33.2 Å². The van der Waals surface area contributed by atoms with Gasteiger partial charge in [0.05, 0.1) is 0 Å². The van der Waals surface area contributed by atoms with E-state index in [9.17, 15) is 9.59 Å². The van der Waals surface area contributed by atoms with E-state index in [1.165, 1.54) is 0 Å². The normalized spacial score (nSPS) is 17.2. The number of hydrogen-bond acceptors (Lipinski definition) is 2. The summed E-state index contributed by atoms with van der Waals surface area (Å²) >= 11 is 0. The first-order valence-electron chi connectivity index (χ1n) is 8.22. The van der Waals surface area contributed by atoms with E-state index in [1.807, 2.05) is 51.1 Å². The van der Waals surface area contributed by atoms with Gasteiger partial charge in [0.1, 0.15) is 6.04 Å². The number of carbonyl (C=O) groups excluding carboxylic acids is 2. The molecule has 0 aliphatic carbocycles. The van der Waals surface area contributed by atoms with Gasteiger partial charge in [-0.2, -0.15) is 0 Å². The molecule has 24 heavy (non-hydrogen) atoms. The molecule has 4 nitrogen and oxygen atoms in total. The molecule has 3 rings (SSSR count). The van der Waals surface area contributed by atoms with Crippen molar-refractivity contribution in [2.24, 2.45) is 0 Å². The average molecular weight is 322 g/mol. The summed E-state index contributed by atoms with van der Waals surface area (Å²) in [4.78, 5) is 26.9. The van der Waals surface area contributed by atoms with E-state index in [2.05, 4.69) is 11.4 Å². The summed E-state index contributed by atoms with van der Waals surface area (Å²) < 4.78 is 0. The quantitative estimate of drug-likeness (QED) is 0.944. The molecule has 0 radical (unpaired) electrons. The van der Waals surface area contributed by atoms with E-state index in [1.54, 1.807) is 11.0 Å². The second-order valence-corrected chi connectivity index (χ2v) is 6.47. The molecule has 1 heterocycles. The molecule has 0 spiro atoms. The second-order valence-electron chi connectivity index (χ2n) is 6.47. The molecule has 1 N–H and O–H groups in total. The zero-order valence-corrected chi connectivity index (χ0v) is 14.3. The minimum atomic E-state index is -0.460. The third kappa shape index (κ3) is 3.18. The second kappa shape index (κ2) is 6.48. The Labute approximate surface area is 142 Å². The molecule has 4 heteroatoms. The summed E-state index contributed by atoms with van der Waals surface area (Å²) in [5.41, 5.74) is 4.70. The summed E-state index contributed by atoms with van der Waals surface area (Å²) in [5, 5.41) is 2.88. The van der Waals surface area contributed by atoms with Crippen LogP contribution in [0.1, 0.15) is 33.5 Å². The van der Waals surface area contributed by atoms with Crippen LogP contribution in [-0.4, -0.2) is 24.4 Å². The molecule has 1 atom stereocenters. The van der Waals surface area contributed by atoms with Crippen molar-refractivity contribution < 1.29 is 9.59 Å². The highest BCUT2D eigenvalue weighted by atomic mass is 16.2. The van der Waals surface area contributed by atoms with Crippen LogP contribution in [0, 0.1) is 20.8 Å². The van der Waals surface area contributed by atoms with Gasteiger partial charge in [0.15, 0.2) is 0 Å². The van der Waals surface area contributed by atoms with Gasteiger partial charge in [-0.05, 0) is 62.1 Å². The van der Waals surface area contributed by atoms with Crippen LogP contribution >= 0.6 is 0 Å². The van der Waals surface area contributed by atoms with Crippen LogP contribution in [0.5, 0.6) is 0 Å². The van der Waals surface area contributed by atoms with Crippen LogP contribution < -0.4 is 10.2 Å². The fourth-order valence-electron chi connectivity index (χ4n) is 3.24. The van der Waals surface area contributed by atoms with Crippen molar-refractivity contribution in [2.75, 3.05) is 11.4 Å². The van der Waals surface area contributed by atoms with Gasteiger partial charge < -0.3 is 10.2 Å². The number of anilines is 1. The third-order valence-electron chi connectivity index (χ3n) is 4.42. The molecule has 124 valence electrons. The topological polar surface area (TPSA) is 49.4 Å². The summed E-state index contributed by atoms with van der Waals surface area (Å²) in [5.74, 6) is -0.226. The first-order valence-corrected chi connectivity index (χ1v) is 8.22. The molecule has 1 aliphatic rings. The smallest absolute Gasteiger partial charge is 0.252 e. The van der Waals surface area contributed by atoms with Gasteiger partial charge in [-0.3, -0.25) is 9.59 Å². The lowest BCUT2D eigenvalue weighted by Gasteiger charge is -2.18. The van der Waals surface area contributed by atoms with Gasteiger partial charge in [0.25, 0.3) is 5.91 Å². The van der Waals surface area contributed by atoms with Crippen LogP contribution in [0.3, 0.4) is 0 Å². The maximum atomic E-state index is 12.7. The maximum Gasteiger partial charge on any atom is 0.252 e. The monoisotopic (exact) mass is 322 g/mol. The van der Waals surface area contributed by atoms with E-state index in [0.29, 0.717) is 18.5 Å². The van der Waals surface area contributed by atoms with Crippen molar-refractivity contribution in [3.05, 3.63) is 64.7 Å².